The van der Waals surface area contributed by atoms with Gasteiger partial charge in [0.15, 0.2) is 11.2 Å². The number of hydrogen-bond acceptors (Lipinski definition) is 6. The summed E-state index contributed by atoms with van der Waals surface area (Å²) in [6, 6.07) is 15.4. The number of hydrogen-bond donors (Lipinski definition) is 1. The molecule has 7 nitrogen and oxygen atoms in total. The first kappa shape index (κ1) is 18.1. The lowest BCUT2D eigenvalue weighted by molar-refractivity contribution is -0.113. The second kappa shape index (κ2) is 8.13. The quantitative estimate of drug-likeness (QED) is 0.399. The van der Waals surface area contributed by atoms with Gasteiger partial charge in [-0.3, -0.25) is 4.79 Å². The first-order chi connectivity index (χ1) is 13.7. The van der Waals surface area contributed by atoms with Crippen LogP contribution in [-0.2, 0) is 11.3 Å². The Hall–Kier alpha value is -3.33. The van der Waals surface area contributed by atoms with Crippen molar-refractivity contribution in [1.82, 2.24) is 25.0 Å². The molecule has 0 spiro atoms. The van der Waals surface area contributed by atoms with E-state index in [1.54, 1.807) is 16.8 Å². The van der Waals surface area contributed by atoms with E-state index >= 15 is 0 Å². The van der Waals surface area contributed by atoms with E-state index < -0.39 is 0 Å². The molecule has 0 atom stereocenters. The summed E-state index contributed by atoms with van der Waals surface area (Å²) < 4.78 is 14.7. The lowest BCUT2D eigenvalue weighted by Gasteiger charge is -2.05. The highest BCUT2D eigenvalue weighted by atomic mass is 32.2. The Bertz CT molecular complexity index is 1100. The second-order valence-electron chi connectivity index (χ2n) is 5.93. The van der Waals surface area contributed by atoms with Crippen LogP contribution in [0.3, 0.4) is 0 Å². The number of carbonyl (C=O) groups is 1. The smallest absolute Gasteiger partial charge is 0.234 e. The van der Waals surface area contributed by atoms with E-state index in [1.807, 2.05) is 30.3 Å². The fraction of sp³-hybridized carbons (Fsp3) is 0.105. The van der Waals surface area contributed by atoms with Gasteiger partial charge < -0.3 is 5.32 Å². The Kier molecular flexibility index (Phi) is 5.24. The molecule has 4 aromatic rings. The van der Waals surface area contributed by atoms with Gasteiger partial charge in [0.1, 0.15) is 17.2 Å². The number of halogens is 1. The predicted octanol–water partition coefficient (Wildman–Crippen LogP) is 3.14. The number of para-hydroxylation sites is 1. The number of fused-ring (bicyclic) bond motifs is 1. The molecule has 1 N–H and O–H groups in total. The van der Waals surface area contributed by atoms with Crippen LogP contribution in [0.15, 0.2) is 66.0 Å². The van der Waals surface area contributed by atoms with E-state index in [4.69, 9.17) is 0 Å². The molecule has 2 heterocycles. The Labute approximate surface area is 164 Å². The summed E-state index contributed by atoms with van der Waals surface area (Å²) >= 11 is 1.27. The monoisotopic (exact) mass is 394 g/mol. The molecule has 0 aliphatic carbocycles. The largest absolute Gasteiger partial charge is 0.325 e. The average Bonchev–Trinajstić information content (AvgIpc) is 3.12. The maximum absolute atomic E-state index is 13.1. The number of anilines is 1. The third-order valence-electron chi connectivity index (χ3n) is 3.91. The lowest BCUT2D eigenvalue weighted by atomic mass is 10.2. The molecule has 0 fully saturated rings. The summed E-state index contributed by atoms with van der Waals surface area (Å²) in [5.41, 5.74) is 2.71. The number of carbonyl (C=O) groups excluding carboxylic acids is 1. The van der Waals surface area contributed by atoms with E-state index in [0.717, 1.165) is 11.3 Å². The fourth-order valence-corrected chi connectivity index (χ4v) is 3.33. The number of aromatic nitrogens is 5. The Morgan fingerprint density at radius 2 is 1.86 bits per heavy atom. The highest BCUT2D eigenvalue weighted by Gasteiger charge is 2.14. The van der Waals surface area contributed by atoms with Gasteiger partial charge in [-0.15, -0.1) is 5.10 Å². The van der Waals surface area contributed by atoms with Crippen LogP contribution in [-0.4, -0.2) is 36.6 Å². The van der Waals surface area contributed by atoms with Crippen molar-refractivity contribution in [2.24, 2.45) is 0 Å². The van der Waals surface area contributed by atoms with Gasteiger partial charge in [-0.2, -0.15) is 0 Å². The minimum Gasteiger partial charge on any atom is -0.325 e. The number of amides is 1. The van der Waals surface area contributed by atoms with Crippen molar-refractivity contribution in [3.63, 3.8) is 0 Å². The van der Waals surface area contributed by atoms with Crippen LogP contribution in [0.1, 0.15) is 5.56 Å². The Balaban J connectivity index is 1.47. The molecule has 0 saturated carbocycles. The summed E-state index contributed by atoms with van der Waals surface area (Å²) in [7, 11) is 0. The van der Waals surface area contributed by atoms with Crippen LogP contribution in [0.25, 0.3) is 11.2 Å². The number of nitrogens with one attached hydrogen (secondary N) is 1. The molecule has 28 heavy (non-hydrogen) atoms. The average molecular weight is 394 g/mol. The highest BCUT2D eigenvalue weighted by Crippen LogP contribution is 2.23. The van der Waals surface area contributed by atoms with Crippen molar-refractivity contribution >= 4 is 34.5 Å². The molecule has 2 aromatic carbocycles. The van der Waals surface area contributed by atoms with Crippen molar-refractivity contribution in [2.45, 2.75) is 11.6 Å². The zero-order chi connectivity index (χ0) is 19.3. The van der Waals surface area contributed by atoms with E-state index in [1.165, 1.54) is 30.2 Å². The molecule has 0 aliphatic heterocycles. The van der Waals surface area contributed by atoms with Gasteiger partial charge >= 0.3 is 0 Å². The molecule has 1 amide bonds. The van der Waals surface area contributed by atoms with Crippen molar-refractivity contribution in [3.05, 3.63) is 72.3 Å². The van der Waals surface area contributed by atoms with Crippen molar-refractivity contribution in [3.8, 4) is 0 Å². The molecule has 2 aromatic heterocycles. The maximum Gasteiger partial charge on any atom is 0.234 e. The first-order valence-corrected chi connectivity index (χ1v) is 9.44. The summed E-state index contributed by atoms with van der Waals surface area (Å²) in [6.07, 6.45) is 1.42. The normalized spacial score (nSPS) is 10.9. The standard InChI is InChI=1S/C19H15FN6OS/c20-14-8-6-13(7-9-14)10-26-18-17(24-25-26)19(22-12-21-18)28-11-16(27)23-15-4-2-1-3-5-15/h1-9,12H,10-11H2,(H,23,27). The minimum atomic E-state index is -0.290. The molecule has 0 bridgehead atoms. The number of thioether (sulfide) groups is 1. The number of nitrogens with zero attached hydrogens (tertiary/aromatic N) is 5. The Morgan fingerprint density at radius 1 is 1.07 bits per heavy atom. The van der Waals surface area contributed by atoms with E-state index in [0.29, 0.717) is 22.7 Å². The molecule has 0 saturated heterocycles. The highest BCUT2D eigenvalue weighted by molar-refractivity contribution is 8.00. The maximum atomic E-state index is 13.1. The van der Waals surface area contributed by atoms with Crippen LogP contribution < -0.4 is 5.32 Å². The first-order valence-electron chi connectivity index (χ1n) is 8.45. The van der Waals surface area contributed by atoms with Crippen LogP contribution in [0.5, 0.6) is 0 Å². The Morgan fingerprint density at radius 3 is 2.64 bits per heavy atom. The number of benzene rings is 2. The lowest BCUT2D eigenvalue weighted by Crippen LogP contribution is -2.14. The molecule has 4 rings (SSSR count). The molecular weight excluding hydrogens is 379 g/mol. The third kappa shape index (κ3) is 4.15. The summed E-state index contributed by atoms with van der Waals surface area (Å²) in [5.74, 6) is -0.241. The van der Waals surface area contributed by atoms with Crippen LogP contribution in [0, 0.1) is 5.82 Å². The minimum absolute atomic E-state index is 0.137. The van der Waals surface area contributed by atoms with Gasteiger partial charge in [0, 0.05) is 5.69 Å². The van der Waals surface area contributed by atoms with Crippen molar-refractivity contribution in [2.75, 3.05) is 11.1 Å². The van der Waals surface area contributed by atoms with Crippen LogP contribution >= 0.6 is 11.8 Å². The fourth-order valence-electron chi connectivity index (χ4n) is 2.60. The zero-order valence-electron chi connectivity index (χ0n) is 14.6. The van der Waals surface area contributed by atoms with Gasteiger partial charge in [0.25, 0.3) is 0 Å². The van der Waals surface area contributed by atoms with Gasteiger partial charge in [0.2, 0.25) is 5.91 Å². The second-order valence-corrected chi connectivity index (χ2v) is 6.89. The van der Waals surface area contributed by atoms with E-state index in [2.05, 4.69) is 25.6 Å². The molecular formula is C19H15FN6OS. The summed E-state index contributed by atoms with van der Waals surface area (Å²) in [4.78, 5) is 20.6. The SMILES string of the molecule is O=C(CSc1ncnc2c1nnn2Cc1ccc(F)cc1)Nc1ccccc1. The van der Waals surface area contributed by atoms with Crippen molar-refractivity contribution in [1.29, 1.82) is 0 Å². The molecule has 0 unspecified atom stereocenters. The number of rotatable bonds is 6. The molecule has 0 radical (unpaired) electrons. The van der Waals surface area contributed by atoms with Crippen LogP contribution in [0.4, 0.5) is 10.1 Å². The van der Waals surface area contributed by atoms with Gasteiger partial charge in [-0.05, 0) is 29.8 Å². The third-order valence-corrected chi connectivity index (χ3v) is 4.89. The topological polar surface area (TPSA) is 85.6 Å². The van der Waals surface area contributed by atoms with Gasteiger partial charge in [-0.25, -0.2) is 19.0 Å². The van der Waals surface area contributed by atoms with Gasteiger partial charge in [0.05, 0.1) is 12.3 Å². The molecule has 140 valence electrons. The van der Waals surface area contributed by atoms with Crippen LogP contribution in [0.2, 0.25) is 0 Å². The van der Waals surface area contributed by atoms with E-state index in [-0.39, 0.29) is 17.5 Å². The predicted molar refractivity (Wildman–Crippen MR) is 104 cm³/mol. The molecule has 0 aliphatic rings. The van der Waals surface area contributed by atoms with Gasteiger partial charge in [-0.1, -0.05) is 47.3 Å². The summed E-state index contributed by atoms with van der Waals surface area (Å²) in [5, 5.41) is 11.7. The zero-order valence-corrected chi connectivity index (χ0v) is 15.4. The summed E-state index contributed by atoms with van der Waals surface area (Å²) in [6.45, 7) is 0.409. The van der Waals surface area contributed by atoms with Crippen molar-refractivity contribution < 1.29 is 9.18 Å². The van der Waals surface area contributed by atoms with E-state index in [9.17, 15) is 9.18 Å². The molecule has 9 heteroatoms.